The Labute approximate surface area is 100 Å². The molecule has 1 aliphatic heterocycles. The molecule has 0 aliphatic carbocycles. The van der Waals surface area contributed by atoms with Crippen molar-refractivity contribution in [1.29, 1.82) is 0 Å². The molecule has 1 amide bonds. The molecule has 5 heteroatoms. The maximum absolute atomic E-state index is 12.1. The number of amides is 1. The van der Waals surface area contributed by atoms with Gasteiger partial charge in [-0.25, -0.2) is 0 Å². The Morgan fingerprint density at radius 2 is 2.06 bits per heavy atom. The van der Waals surface area contributed by atoms with Gasteiger partial charge in [-0.15, -0.1) is 0 Å². The Morgan fingerprint density at radius 3 is 2.75 bits per heavy atom. The van der Waals surface area contributed by atoms with Crippen molar-refractivity contribution >= 4 is 33.3 Å². The zero-order chi connectivity index (χ0) is 11.7. The van der Waals surface area contributed by atoms with E-state index in [1.807, 2.05) is 0 Å². The van der Waals surface area contributed by atoms with Crippen molar-refractivity contribution in [1.82, 2.24) is 0 Å². The highest BCUT2D eigenvalue weighted by atomic mass is 79.9. The third kappa shape index (κ3) is 1.75. The molecule has 0 radical (unpaired) electrons. The van der Waals surface area contributed by atoms with E-state index in [1.165, 1.54) is 4.90 Å². The van der Waals surface area contributed by atoms with Gasteiger partial charge in [-0.2, -0.15) is 0 Å². The van der Waals surface area contributed by atoms with Gasteiger partial charge in [0.05, 0.1) is 17.9 Å². The summed E-state index contributed by atoms with van der Waals surface area (Å²) in [5.41, 5.74) is 0.963. The Hall–Kier alpha value is -1.23. The lowest BCUT2D eigenvalue weighted by Crippen LogP contribution is -2.30. The van der Waals surface area contributed by atoms with Crippen LogP contribution in [0.4, 0.5) is 10.1 Å². The molecule has 16 heavy (non-hydrogen) atoms. The molecule has 0 unspecified atom stereocenters. The molecule has 0 saturated carbocycles. The predicted molar refractivity (Wildman–Crippen MR) is 61.4 cm³/mol. The maximum Gasteiger partial charge on any atom is 0.299 e. The van der Waals surface area contributed by atoms with E-state index in [9.17, 15) is 14.0 Å². The molecule has 0 aromatic heterocycles. The highest BCUT2D eigenvalue weighted by Gasteiger charge is 2.35. The molecule has 0 bridgehead atoms. The van der Waals surface area contributed by atoms with E-state index >= 15 is 0 Å². The minimum atomic E-state index is -0.568. The third-order valence-electron chi connectivity index (χ3n) is 2.45. The van der Waals surface area contributed by atoms with Gasteiger partial charge in [0.1, 0.15) is 0 Å². The number of hydrogen-bond donors (Lipinski definition) is 0. The molecule has 84 valence electrons. The lowest BCUT2D eigenvalue weighted by atomic mass is 10.1. The van der Waals surface area contributed by atoms with Crippen molar-refractivity contribution < 1.29 is 14.0 Å². The van der Waals surface area contributed by atoms with E-state index in [0.717, 1.165) is 4.47 Å². The Bertz CT molecular complexity index is 461. The van der Waals surface area contributed by atoms with Crippen LogP contribution in [0.5, 0.6) is 0 Å². The second kappa shape index (κ2) is 4.33. The molecule has 1 aromatic rings. The number of hydrogen-bond acceptors (Lipinski definition) is 2. The van der Waals surface area contributed by atoms with Crippen LogP contribution in [-0.4, -0.2) is 24.9 Å². The van der Waals surface area contributed by atoms with Crippen LogP contribution in [0.25, 0.3) is 0 Å². The predicted octanol–water partition coefficient (Wildman–Crippen LogP) is 2.34. The summed E-state index contributed by atoms with van der Waals surface area (Å²) in [7, 11) is 0. The molecule has 3 nitrogen and oxygen atoms in total. The maximum atomic E-state index is 12.1. The summed E-state index contributed by atoms with van der Waals surface area (Å²) in [6, 6.07) is 5.02. The van der Waals surface area contributed by atoms with Crippen molar-refractivity contribution in [2.24, 2.45) is 0 Å². The van der Waals surface area contributed by atoms with Gasteiger partial charge in [-0.1, -0.05) is 15.9 Å². The fourth-order valence-electron chi connectivity index (χ4n) is 1.71. The fourth-order valence-corrected chi connectivity index (χ4v) is 2.06. The first-order valence-corrected chi connectivity index (χ1v) is 5.66. The molecule has 0 fully saturated rings. The van der Waals surface area contributed by atoms with E-state index in [2.05, 4.69) is 15.9 Å². The molecule has 0 saturated heterocycles. The van der Waals surface area contributed by atoms with E-state index < -0.39 is 18.4 Å². The normalized spacial score (nSPS) is 14.5. The standard InChI is InChI=1S/C11H9BrFNO2/c12-7-2-3-8-9(6-7)14(5-1-4-13)11(16)10(8)15/h2-3,6H,1,4-5H2. The van der Waals surface area contributed by atoms with Crippen LogP contribution < -0.4 is 4.90 Å². The molecular formula is C11H9BrFNO2. The fraction of sp³-hybridized carbons (Fsp3) is 0.273. The smallest absolute Gasteiger partial charge is 0.299 e. The van der Waals surface area contributed by atoms with Crippen LogP contribution in [0.15, 0.2) is 22.7 Å². The summed E-state index contributed by atoms with van der Waals surface area (Å²) < 4.78 is 12.9. The van der Waals surface area contributed by atoms with E-state index in [4.69, 9.17) is 0 Å². The van der Waals surface area contributed by atoms with Crippen LogP contribution in [0.2, 0.25) is 0 Å². The number of ketones is 1. The lowest BCUT2D eigenvalue weighted by Gasteiger charge is -2.15. The summed E-state index contributed by atoms with van der Waals surface area (Å²) in [6.45, 7) is -0.258. The minimum absolute atomic E-state index is 0.241. The van der Waals surface area contributed by atoms with Crippen LogP contribution in [0.1, 0.15) is 16.8 Å². The van der Waals surface area contributed by atoms with Gasteiger partial charge in [0.25, 0.3) is 11.7 Å². The largest absolute Gasteiger partial charge is 0.305 e. The zero-order valence-electron chi connectivity index (χ0n) is 8.37. The SMILES string of the molecule is O=C1C(=O)N(CCCF)c2cc(Br)ccc21. The number of rotatable bonds is 3. The average molecular weight is 286 g/mol. The number of alkyl halides is 1. The number of halogens is 2. The van der Waals surface area contributed by atoms with Gasteiger partial charge >= 0.3 is 0 Å². The Balaban J connectivity index is 2.39. The van der Waals surface area contributed by atoms with Crippen molar-refractivity contribution in [2.75, 3.05) is 18.1 Å². The van der Waals surface area contributed by atoms with Gasteiger partial charge < -0.3 is 4.90 Å². The number of fused-ring (bicyclic) bond motifs is 1. The van der Waals surface area contributed by atoms with Gasteiger partial charge in [-0.3, -0.25) is 14.0 Å². The second-order valence-electron chi connectivity index (χ2n) is 3.49. The van der Waals surface area contributed by atoms with Crippen molar-refractivity contribution in [3.63, 3.8) is 0 Å². The molecule has 1 aromatic carbocycles. The summed E-state index contributed by atoms with van der Waals surface area (Å²) in [6.07, 6.45) is 0.241. The van der Waals surface area contributed by atoms with E-state index in [0.29, 0.717) is 11.3 Å². The van der Waals surface area contributed by atoms with Crippen LogP contribution in [0, 0.1) is 0 Å². The first-order valence-electron chi connectivity index (χ1n) is 4.87. The minimum Gasteiger partial charge on any atom is -0.305 e. The second-order valence-corrected chi connectivity index (χ2v) is 4.41. The van der Waals surface area contributed by atoms with E-state index in [-0.39, 0.29) is 13.0 Å². The first-order chi connectivity index (χ1) is 7.65. The molecule has 1 heterocycles. The number of carbonyl (C=O) groups excluding carboxylic acids is 2. The Morgan fingerprint density at radius 1 is 1.31 bits per heavy atom. The van der Waals surface area contributed by atoms with Crippen LogP contribution >= 0.6 is 15.9 Å². The first kappa shape index (κ1) is 11.3. The van der Waals surface area contributed by atoms with Gasteiger partial charge in [0.2, 0.25) is 0 Å². The monoisotopic (exact) mass is 285 g/mol. The lowest BCUT2D eigenvalue weighted by molar-refractivity contribution is -0.114. The molecule has 1 aliphatic rings. The van der Waals surface area contributed by atoms with Crippen molar-refractivity contribution in [3.05, 3.63) is 28.2 Å². The highest BCUT2D eigenvalue weighted by Crippen LogP contribution is 2.31. The third-order valence-corrected chi connectivity index (χ3v) is 2.94. The number of anilines is 1. The quantitative estimate of drug-likeness (QED) is 0.800. The molecular weight excluding hydrogens is 277 g/mol. The number of benzene rings is 1. The van der Waals surface area contributed by atoms with Crippen LogP contribution in [0.3, 0.4) is 0 Å². The number of Topliss-reactive ketones (excluding diaryl/α,β-unsaturated/α-hetero) is 1. The van der Waals surface area contributed by atoms with Gasteiger partial charge in [0, 0.05) is 11.0 Å². The molecule has 0 atom stereocenters. The number of carbonyl (C=O) groups is 2. The summed E-state index contributed by atoms with van der Waals surface area (Å²) in [5.74, 6) is -1.08. The zero-order valence-corrected chi connectivity index (χ0v) is 9.96. The highest BCUT2D eigenvalue weighted by molar-refractivity contribution is 9.10. The summed E-state index contributed by atoms with van der Waals surface area (Å²) >= 11 is 3.28. The van der Waals surface area contributed by atoms with Crippen molar-refractivity contribution in [3.8, 4) is 0 Å². The Kier molecular flexibility index (Phi) is 3.05. The summed E-state index contributed by atoms with van der Waals surface area (Å²) in [5, 5.41) is 0. The topological polar surface area (TPSA) is 37.4 Å². The molecule has 0 spiro atoms. The van der Waals surface area contributed by atoms with E-state index in [1.54, 1.807) is 18.2 Å². The molecule has 0 N–H and O–H groups in total. The molecule has 2 rings (SSSR count). The van der Waals surface area contributed by atoms with Crippen LogP contribution in [-0.2, 0) is 4.79 Å². The number of nitrogens with zero attached hydrogens (tertiary/aromatic N) is 1. The average Bonchev–Trinajstić information content (AvgIpc) is 2.50. The summed E-state index contributed by atoms with van der Waals surface area (Å²) in [4.78, 5) is 24.5. The van der Waals surface area contributed by atoms with Gasteiger partial charge in [-0.05, 0) is 24.6 Å². The van der Waals surface area contributed by atoms with Crippen molar-refractivity contribution in [2.45, 2.75) is 6.42 Å². The van der Waals surface area contributed by atoms with Gasteiger partial charge in [0.15, 0.2) is 0 Å².